The zero-order valence-electron chi connectivity index (χ0n) is 18.2. The summed E-state index contributed by atoms with van der Waals surface area (Å²) >= 11 is 0. The SMILES string of the molecule is Cc1c[c-]n(-c2cccc(C(C)(C)c3cccc(-n4[c-]cc(C)c4C)n3)n2)c1C.[Pd+2]. The van der Waals surface area contributed by atoms with Gasteiger partial charge in [-0.05, 0) is 26.0 Å². The fraction of sp³-hybridized carbons (Fsp3) is 0.280. The first kappa shape index (κ1) is 22.2. The molecule has 156 valence electrons. The van der Waals surface area contributed by atoms with Gasteiger partial charge in [-0.1, -0.05) is 75.7 Å². The first-order valence-corrected chi connectivity index (χ1v) is 9.88. The Balaban J connectivity index is 0.00000256. The number of hydrogen-bond acceptors (Lipinski definition) is 2. The number of aryl methyl sites for hydroxylation is 2. The van der Waals surface area contributed by atoms with Crippen molar-refractivity contribution < 1.29 is 20.4 Å². The Morgan fingerprint density at radius 2 is 1.10 bits per heavy atom. The molecule has 0 spiro atoms. The third kappa shape index (κ3) is 3.80. The molecule has 0 fully saturated rings. The maximum Gasteiger partial charge on any atom is 2.00 e. The normalized spacial score (nSPS) is 11.4. The van der Waals surface area contributed by atoms with Crippen LogP contribution in [0.2, 0.25) is 0 Å². The van der Waals surface area contributed by atoms with Crippen molar-refractivity contribution in [1.82, 2.24) is 19.1 Å². The zero-order chi connectivity index (χ0) is 20.8. The van der Waals surface area contributed by atoms with Crippen molar-refractivity contribution in [3.63, 3.8) is 0 Å². The number of hydrogen-bond donors (Lipinski definition) is 0. The Bertz CT molecular complexity index is 1090. The van der Waals surface area contributed by atoms with Crippen LogP contribution >= 0.6 is 0 Å². The molecule has 4 heterocycles. The monoisotopic (exact) mass is 488 g/mol. The van der Waals surface area contributed by atoms with Gasteiger partial charge < -0.3 is 9.13 Å². The van der Waals surface area contributed by atoms with E-state index in [1.807, 2.05) is 33.4 Å². The van der Waals surface area contributed by atoms with Gasteiger partial charge >= 0.3 is 20.4 Å². The van der Waals surface area contributed by atoms with Crippen LogP contribution in [0.3, 0.4) is 0 Å². The van der Waals surface area contributed by atoms with Crippen molar-refractivity contribution in [1.29, 1.82) is 0 Å². The number of nitrogens with zero attached hydrogens (tertiary/aromatic N) is 4. The van der Waals surface area contributed by atoms with Crippen LogP contribution in [0.1, 0.15) is 47.8 Å². The fourth-order valence-corrected chi connectivity index (χ4v) is 3.48. The average molecular weight is 489 g/mol. The van der Waals surface area contributed by atoms with Gasteiger partial charge in [0.1, 0.15) is 0 Å². The van der Waals surface area contributed by atoms with Crippen LogP contribution in [0, 0.1) is 40.1 Å². The second kappa shape index (κ2) is 8.34. The maximum atomic E-state index is 4.97. The molecule has 0 saturated heterocycles. The average Bonchev–Trinajstić information content (AvgIpc) is 3.24. The molecule has 4 nitrogen and oxygen atoms in total. The summed E-state index contributed by atoms with van der Waals surface area (Å²) in [5.41, 5.74) is 6.33. The Kier molecular flexibility index (Phi) is 6.17. The number of pyridine rings is 2. The van der Waals surface area contributed by atoms with Gasteiger partial charge in [-0.15, -0.1) is 23.3 Å². The van der Waals surface area contributed by atoms with Gasteiger partial charge in [0, 0.05) is 16.8 Å². The fourth-order valence-electron chi connectivity index (χ4n) is 3.48. The molecule has 0 radical (unpaired) electrons. The molecule has 0 aliphatic carbocycles. The van der Waals surface area contributed by atoms with E-state index < -0.39 is 0 Å². The van der Waals surface area contributed by atoms with Crippen LogP contribution in [0.5, 0.6) is 0 Å². The molecule has 30 heavy (non-hydrogen) atoms. The first-order chi connectivity index (χ1) is 13.8. The van der Waals surface area contributed by atoms with Crippen molar-refractivity contribution in [2.75, 3.05) is 0 Å². The molecule has 0 aromatic carbocycles. The van der Waals surface area contributed by atoms with Gasteiger partial charge in [0.15, 0.2) is 0 Å². The second-order valence-corrected chi connectivity index (χ2v) is 8.14. The van der Waals surface area contributed by atoms with E-state index in [-0.39, 0.29) is 25.8 Å². The van der Waals surface area contributed by atoms with Crippen LogP contribution in [-0.4, -0.2) is 19.1 Å². The maximum absolute atomic E-state index is 4.97. The molecule has 0 aliphatic heterocycles. The summed E-state index contributed by atoms with van der Waals surface area (Å²) in [5.74, 6) is 1.75. The summed E-state index contributed by atoms with van der Waals surface area (Å²) in [6.45, 7) is 12.7. The predicted octanol–water partition coefficient (Wildman–Crippen LogP) is 5.22. The van der Waals surface area contributed by atoms with E-state index in [1.165, 1.54) is 11.1 Å². The van der Waals surface area contributed by atoms with Gasteiger partial charge in [0.05, 0.1) is 11.6 Å². The van der Waals surface area contributed by atoms with Crippen LogP contribution in [0.4, 0.5) is 0 Å². The van der Waals surface area contributed by atoms with E-state index in [0.717, 1.165) is 34.4 Å². The third-order valence-electron chi connectivity index (χ3n) is 5.84. The first-order valence-electron chi connectivity index (χ1n) is 9.88. The second-order valence-electron chi connectivity index (χ2n) is 8.14. The quantitative estimate of drug-likeness (QED) is 0.292. The summed E-state index contributed by atoms with van der Waals surface area (Å²) < 4.78 is 4.03. The van der Waals surface area contributed by atoms with Crippen molar-refractivity contribution in [3.05, 3.63) is 94.8 Å². The Labute approximate surface area is 192 Å². The molecule has 0 aliphatic rings. The van der Waals surface area contributed by atoms with Crippen LogP contribution in [-0.2, 0) is 25.8 Å². The summed E-state index contributed by atoms with van der Waals surface area (Å²) in [6, 6.07) is 16.3. The molecule has 0 N–H and O–H groups in total. The minimum atomic E-state index is -0.349. The molecule has 0 atom stereocenters. The van der Waals surface area contributed by atoms with E-state index in [1.54, 1.807) is 0 Å². The van der Waals surface area contributed by atoms with E-state index in [9.17, 15) is 0 Å². The summed E-state index contributed by atoms with van der Waals surface area (Å²) in [5, 5.41) is 0. The smallest absolute Gasteiger partial charge is 0.433 e. The van der Waals surface area contributed by atoms with E-state index in [0.29, 0.717) is 0 Å². The summed E-state index contributed by atoms with van der Waals surface area (Å²) in [7, 11) is 0. The van der Waals surface area contributed by atoms with Crippen LogP contribution in [0.25, 0.3) is 11.6 Å². The van der Waals surface area contributed by atoms with Crippen LogP contribution in [0.15, 0.2) is 48.5 Å². The largest absolute Gasteiger partial charge is 2.00 e. The third-order valence-corrected chi connectivity index (χ3v) is 5.84. The molecular weight excluding hydrogens is 463 g/mol. The van der Waals surface area contributed by atoms with Crippen molar-refractivity contribution in [2.45, 2.75) is 47.0 Å². The summed E-state index contributed by atoms with van der Waals surface area (Å²) in [4.78, 5) is 9.93. The molecular formula is C25H26N4Pd. The van der Waals surface area contributed by atoms with E-state index in [2.05, 4.69) is 78.2 Å². The summed E-state index contributed by atoms with van der Waals surface area (Å²) in [6.07, 6.45) is 6.56. The standard InChI is InChI=1S/C25H26N4.Pd/c1-17-13-15-28(19(17)3)23-11-7-9-21(26-23)25(5,6)22-10-8-12-24(27-22)29-16-14-18(2)20(29)4;/h7-14H,1-6H3;/q-2;+2. The Hall–Kier alpha value is -2.48. The van der Waals surface area contributed by atoms with Crippen LogP contribution < -0.4 is 0 Å². The van der Waals surface area contributed by atoms with Crippen molar-refractivity contribution in [3.8, 4) is 11.6 Å². The Morgan fingerprint density at radius 1 is 0.700 bits per heavy atom. The number of aromatic nitrogens is 4. The minimum absolute atomic E-state index is 0. The minimum Gasteiger partial charge on any atom is -0.433 e. The van der Waals surface area contributed by atoms with Gasteiger partial charge in [-0.3, -0.25) is 9.97 Å². The molecule has 4 rings (SSSR count). The molecule has 0 bridgehead atoms. The van der Waals surface area contributed by atoms with Crippen molar-refractivity contribution in [2.24, 2.45) is 0 Å². The van der Waals surface area contributed by atoms with Gasteiger partial charge in [0.25, 0.3) is 0 Å². The van der Waals surface area contributed by atoms with Gasteiger partial charge in [0.2, 0.25) is 0 Å². The molecule has 0 unspecified atom stereocenters. The molecule has 5 heteroatoms. The van der Waals surface area contributed by atoms with E-state index in [4.69, 9.17) is 9.97 Å². The van der Waals surface area contributed by atoms with Gasteiger partial charge in [-0.2, -0.15) is 0 Å². The number of rotatable bonds is 4. The predicted molar refractivity (Wildman–Crippen MR) is 116 cm³/mol. The van der Waals surface area contributed by atoms with Gasteiger partial charge in [-0.25, -0.2) is 0 Å². The molecule has 4 aromatic rings. The topological polar surface area (TPSA) is 35.6 Å². The van der Waals surface area contributed by atoms with E-state index >= 15 is 0 Å². The Morgan fingerprint density at radius 3 is 1.43 bits per heavy atom. The molecule has 4 aromatic heterocycles. The zero-order valence-corrected chi connectivity index (χ0v) is 19.8. The van der Waals surface area contributed by atoms with Crippen molar-refractivity contribution >= 4 is 0 Å². The molecule has 0 amide bonds. The molecule has 0 saturated carbocycles.